The SMILES string of the molecule is O=C(CSCCc1ccccc1)Nc1ccc2c(c1)NC(=O)CO2. The molecule has 1 heterocycles. The van der Waals surface area contributed by atoms with Crippen LogP contribution in [0.2, 0.25) is 0 Å². The number of hydrogen-bond donors (Lipinski definition) is 2. The van der Waals surface area contributed by atoms with Crippen LogP contribution in [0.15, 0.2) is 48.5 Å². The Morgan fingerprint density at radius 2 is 2.04 bits per heavy atom. The molecule has 1 aliphatic rings. The monoisotopic (exact) mass is 342 g/mol. The molecule has 2 N–H and O–H groups in total. The number of nitrogens with one attached hydrogen (secondary N) is 2. The van der Waals surface area contributed by atoms with E-state index >= 15 is 0 Å². The lowest BCUT2D eigenvalue weighted by Crippen LogP contribution is -2.25. The number of aryl methyl sites for hydroxylation is 1. The third kappa shape index (κ3) is 4.52. The molecule has 1 aliphatic heterocycles. The van der Waals surface area contributed by atoms with E-state index in [-0.39, 0.29) is 18.4 Å². The van der Waals surface area contributed by atoms with Gasteiger partial charge in [-0.3, -0.25) is 9.59 Å². The minimum atomic E-state index is -0.192. The number of rotatable bonds is 6. The molecule has 24 heavy (non-hydrogen) atoms. The fourth-order valence-corrected chi connectivity index (χ4v) is 3.14. The van der Waals surface area contributed by atoms with Gasteiger partial charge in [0.05, 0.1) is 11.4 Å². The summed E-state index contributed by atoms with van der Waals surface area (Å²) in [6.07, 6.45) is 0.945. The average Bonchev–Trinajstić information content (AvgIpc) is 2.59. The molecule has 0 aliphatic carbocycles. The highest BCUT2D eigenvalue weighted by atomic mass is 32.2. The van der Waals surface area contributed by atoms with E-state index in [4.69, 9.17) is 4.74 Å². The van der Waals surface area contributed by atoms with Crippen LogP contribution in [-0.4, -0.2) is 29.9 Å². The Morgan fingerprint density at radius 1 is 1.21 bits per heavy atom. The van der Waals surface area contributed by atoms with Gasteiger partial charge in [-0.1, -0.05) is 30.3 Å². The van der Waals surface area contributed by atoms with Crippen molar-refractivity contribution in [3.8, 4) is 5.75 Å². The first-order valence-corrected chi connectivity index (χ1v) is 8.84. The second-order valence-corrected chi connectivity index (χ2v) is 6.49. The van der Waals surface area contributed by atoms with Gasteiger partial charge in [-0.25, -0.2) is 0 Å². The van der Waals surface area contributed by atoms with Gasteiger partial charge in [-0.15, -0.1) is 0 Å². The molecule has 0 spiro atoms. The van der Waals surface area contributed by atoms with Gasteiger partial charge in [-0.05, 0) is 35.9 Å². The summed E-state index contributed by atoms with van der Waals surface area (Å²) in [6, 6.07) is 15.4. The third-order valence-electron chi connectivity index (χ3n) is 3.51. The number of anilines is 2. The summed E-state index contributed by atoms with van der Waals surface area (Å²) in [7, 11) is 0. The first kappa shape index (κ1) is 16.4. The van der Waals surface area contributed by atoms with Crippen molar-refractivity contribution in [1.29, 1.82) is 0 Å². The van der Waals surface area contributed by atoms with Crippen LogP contribution in [0.1, 0.15) is 5.56 Å². The largest absolute Gasteiger partial charge is 0.482 e. The number of carbonyl (C=O) groups excluding carboxylic acids is 2. The number of carbonyl (C=O) groups is 2. The predicted molar refractivity (Wildman–Crippen MR) is 96.7 cm³/mol. The van der Waals surface area contributed by atoms with Crippen LogP contribution in [-0.2, 0) is 16.0 Å². The molecule has 0 unspecified atom stereocenters. The van der Waals surface area contributed by atoms with E-state index in [0.717, 1.165) is 12.2 Å². The van der Waals surface area contributed by atoms with Gasteiger partial charge in [0.15, 0.2) is 6.61 Å². The minimum absolute atomic E-state index is 0.0246. The highest BCUT2D eigenvalue weighted by molar-refractivity contribution is 7.99. The topological polar surface area (TPSA) is 67.4 Å². The lowest BCUT2D eigenvalue weighted by molar-refractivity contribution is -0.118. The molecule has 0 fully saturated rings. The molecule has 2 aromatic rings. The van der Waals surface area contributed by atoms with Crippen LogP contribution in [0, 0.1) is 0 Å². The standard InChI is InChI=1S/C18H18N2O3S/c21-17-11-23-16-7-6-14(10-15(16)20-17)19-18(22)12-24-9-8-13-4-2-1-3-5-13/h1-7,10H,8-9,11-12H2,(H,19,22)(H,20,21). The second-order valence-electron chi connectivity index (χ2n) is 5.38. The Balaban J connectivity index is 1.45. The number of thioether (sulfide) groups is 1. The van der Waals surface area contributed by atoms with Crippen LogP contribution in [0.3, 0.4) is 0 Å². The van der Waals surface area contributed by atoms with Gasteiger partial charge in [-0.2, -0.15) is 11.8 Å². The van der Waals surface area contributed by atoms with E-state index in [2.05, 4.69) is 22.8 Å². The Labute approximate surface area is 144 Å². The van der Waals surface area contributed by atoms with Gasteiger partial charge < -0.3 is 15.4 Å². The predicted octanol–water partition coefficient (Wildman–Crippen LogP) is 2.93. The summed E-state index contributed by atoms with van der Waals surface area (Å²) < 4.78 is 5.29. The highest BCUT2D eigenvalue weighted by Crippen LogP contribution is 2.30. The number of fused-ring (bicyclic) bond motifs is 1. The lowest BCUT2D eigenvalue weighted by Gasteiger charge is -2.18. The van der Waals surface area contributed by atoms with E-state index in [9.17, 15) is 9.59 Å². The average molecular weight is 342 g/mol. The summed E-state index contributed by atoms with van der Waals surface area (Å²) >= 11 is 1.60. The molecule has 3 rings (SSSR count). The van der Waals surface area contributed by atoms with Crippen LogP contribution < -0.4 is 15.4 Å². The van der Waals surface area contributed by atoms with Crippen LogP contribution in [0.25, 0.3) is 0 Å². The summed E-state index contributed by atoms with van der Waals surface area (Å²) in [4.78, 5) is 23.3. The molecule has 0 aromatic heterocycles. The van der Waals surface area contributed by atoms with Crippen molar-refractivity contribution in [2.75, 3.05) is 28.7 Å². The maximum atomic E-state index is 12.0. The van der Waals surface area contributed by atoms with Gasteiger partial charge >= 0.3 is 0 Å². The van der Waals surface area contributed by atoms with Crippen molar-refractivity contribution in [3.63, 3.8) is 0 Å². The van der Waals surface area contributed by atoms with Crippen LogP contribution in [0.5, 0.6) is 5.75 Å². The first-order valence-electron chi connectivity index (χ1n) is 7.69. The normalized spacial score (nSPS) is 12.8. The molecule has 0 saturated heterocycles. The fourth-order valence-electron chi connectivity index (χ4n) is 2.36. The quantitative estimate of drug-likeness (QED) is 0.792. The van der Waals surface area contributed by atoms with Crippen molar-refractivity contribution < 1.29 is 14.3 Å². The molecule has 2 amide bonds. The first-order chi connectivity index (χ1) is 11.7. The summed E-state index contributed by atoms with van der Waals surface area (Å²) in [5, 5.41) is 5.56. The van der Waals surface area contributed by atoms with E-state index in [1.807, 2.05) is 18.2 Å². The molecule has 0 radical (unpaired) electrons. The number of amides is 2. The Hall–Kier alpha value is -2.47. The summed E-state index contributed by atoms with van der Waals surface area (Å²) in [5.41, 5.74) is 2.50. The fraction of sp³-hybridized carbons (Fsp3) is 0.222. The van der Waals surface area contributed by atoms with Crippen LogP contribution in [0.4, 0.5) is 11.4 Å². The number of ether oxygens (including phenoxy) is 1. The minimum Gasteiger partial charge on any atom is -0.482 e. The van der Waals surface area contributed by atoms with E-state index in [0.29, 0.717) is 22.9 Å². The molecule has 2 aromatic carbocycles. The third-order valence-corrected chi connectivity index (χ3v) is 4.47. The zero-order chi connectivity index (χ0) is 16.8. The van der Waals surface area contributed by atoms with Crippen molar-refractivity contribution >= 4 is 35.0 Å². The van der Waals surface area contributed by atoms with Crippen LogP contribution >= 0.6 is 11.8 Å². The highest BCUT2D eigenvalue weighted by Gasteiger charge is 2.16. The Kier molecular flexibility index (Phi) is 5.38. The maximum Gasteiger partial charge on any atom is 0.262 e. The van der Waals surface area contributed by atoms with Gasteiger partial charge in [0.2, 0.25) is 5.91 Å². The summed E-state index contributed by atoms with van der Waals surface area (Å²) in [5.74, 6) is 1.65. The zero-order valence-corrected chi connectivity index (χ0v) is 13.9. The number of hydrogen-bond acceptors (Lipinski definition) is 4. The second kappa shape index (κ2) is 7.88. The van der Waals surface area contributed by atoms with Crippen molar-refractivity contribution in [3.05, 3.63) is 54.1 Å². The zero-order valence-electron chi connectivity index (χ0n) is 13.1. The van der Waals surface area contributed by atoms with Crippen molar-refractivity contribution in [1.82, 2.24) is 0 Å². The van der Waals surface area contributed by atoms with E-state index in [1.165, 1.54) is 5.56 Å². The lowest BCUT2D eigenvalue weighted by atomic mass is 10.2. The molecular formula is C18H18N2O3S. The Bertz CT molecular complexity index is 734. The van der Waals surface area contributed by atoms with Gasteiger partial charge in [0.25, 0.3) is 5.91 Å². The van der Waals surface area contributed by atoms with Gasteiger partial charge in [0, 0.05) is 5.69 Å². The Morgan fingerprint density at radius 3 is 2.88 bits per heavy atom. The van der Waals surface area contributed by atoms with E-state index in [1.54, 1.807) is 30.0 Å². The van der Waals surface area contributed by atoms with Gasteiger partial charge in [0.1, 0.15) is 5.75 Å². The number of benzene rings is 2. The summed E-state index contributed by atoms with van der Waals surface area (Å²) in [6.45, 7) is 0.0246. The molecule has 6 heteroatoms. The van der Waals surface area contributed by atoms with Crippen molar-refractivity contribution in [2.24, 2.45) is 0 Å². The van der Waals surface area contributed by atoms with Crippen molar-refractivity contribution in [2.45, 2.75) is 6.42 Å². The molecule has 124 valence electrons. The molecule has 5 nitrogen and oxygen atoms in total. The van der Waals surface area contributed by atoms with E-state index < -0.39 is 0 Å². The molecular weight excluding hydrogens is 324 g/mol. The maximum absolute atomic E-state index is 12.0. The smallest absolute Gasteiger partial charge is 0.262 e. The molecule has 0 saturated carbocycles. The molecule has 0 bridgehead atoms. The molecule has 0 atom stereocenters.